The van der Waals surface area contributed by atoms with Gasteiger partial charge >= 0.3 is 0 Å². The van der Waals surface area contributed by atoms with Crippen LogP contribution in [0.5, 0.6) is 0 Å². The Bertz CT molecular complexity index is 1030. The smallest absolute Gasteiger partial charge is 0.269 e. The van der Waals surface area contributed by atoms with Crippen LogP contribution >= 0.6 is 23.2 Å². The van der Waals surface area contributed by atoms with Crippen molar-refractivity contribution in [3.8, 4) is 0 Å². The zero-order valence-electron chi connectivity index (χ0n) is 13.0. The Kier molecular flexibility index (Phi) is 4.06. The average Bonchev–Trinajstić information content (AvgIpc) is 3.09. The topological polar surface area (TPSA) is 98.8 Å². The third-order valence-electron chi connectivity index (χ3n) is 3.99. The summed E-state index contributed by atoms with van der Waals surface area (Å²) in [6.07, 6.45) is 1.90. The minimum Gasteiger partial charge on any atom is -0.323 e. The number of allylic oxidation sites excluding steroid dienone is 1. The quantitative estimate of drug-likeness (QED) is 0.538. The van der Waals surface area contributed by atoms with E-state index < -0.39 is 4.92 Å². The highest BCUT2D eigenvalue weighted by Gasteiger charge is 2.25. The lowest BCUT2D eigenvalue weighted by Crippen LogP contribution is -2.20. The van der Waals surface area contributed by atoms with E-state index in [-0.39, 0.29) is 11.7 Å². The second-order valence-electron chi connectivity index (χ2n) is 5.57. The largest absolute Gasteiger partial charge is 0.323 e. The van der Waals surface area contributed by atoms with Gasteiger partial charge in [0.15, 0.2) is 0 Å². The van der Waals surface area contributed by atoms with Gasteiger partial charge in [-0.15, -0.1) is 0 Å². The van der Waals surface area contributed by atoms with Crippen LogP contribution in [-0.4, -0.2) is 25.1 Å². The minimum absolute atomic E-state index is 0.0181. The Balaban J connectivity index is 1.79. The molecule has 1 atom stereocenters. The lowest BCUT2D eigenvalue weighted by Gasteiger charge is -2.23. The van der Waals surface area contributed by atoms with E-state index in [2.05, 4.69) is 20.8 Å². The number of aromatic nitrogens is 4. The molecule has 1 N–H and O–H groups in total. The first kappa shape index (κ1) is 16.5. The molecule has 0 saturated carbocycles. The van der Waals surface area contributed by atoms with Gasteiger partial charge in [0.05, 0.1) is 9.95 Å². The molecule has 1 aromatic heterocycles. The molecular weight excluding hydrogens is 379 g/mol. The number of nitro benzene ring substituents is 1. The third-order valence-corrected chi connectivity index (χ3v) is 4.54. The summed E-state index contributed by atoms with van der Waals surface area (Å²) in [5.74, 6) is 0.442. The summed E-state index contributed by atoms with van der Waals surface area (Å²) >= 11 is 12.3. The summed E-state index contributed by atoms with van der Waals surface area (Å²) < 4.78 is 1.59. The van der Waals surface area contributed by atoms with Gasteiger partial charge in [-0.3, -0.25) is 10.1 Å². The van der Waals surface area contributed by atoms with E-state index in [0.29, 0.717) is 16.0 Å². The van der Waals surface area contributed by atoms with Crippen LogP contribution in [0, 0.1) is 10.1 Å². The maximum absolute atomic E-state index is 10.9. The Labute approximate surface area is 157 Å². The van der Waals surface area contributed by atoms with E-state index in [9.17, 15) is 10.1 Å². The number of anilines is 1. The third kappa shape index (κ3) is 2.89. The summed E-state index contributed by atoms with van der Waals surface area (Å²) in [6, 6.07) is 11.1. The highest BCUT2D eigenvalue weighted by molar-refractivity contribution is 6.35. The number of nitrogens with one attached hydrogen (secondary N) is 1. The van der Waals surface area contributed by atoms with Gasteiger partial charge in [0.2, 0.25) is 5.95 Å². The van der Waals surface area contributed by atoms with Gasteiger partial charge in [-0.05, 0) is 52.4 Å². The van der Waals surface area contributed by atoms with Gasteiger partial charge in [-0.25, -0.2) is 0 Å². The van der Waals surface area contributed by atoms with E-state index in [1.54, 1.807) is 35.0 Å². The minimum atomic E-state index is -0.441. The molecule has 2 heterocycles. The van der Waals surface area contributed by atoms with Crippen LogP contribution in [-0.2, 0) is 0 Å². The lowest BCUT2D eigenvalue weighted by molar-refractivity contribution is -0.384. The van der Waals surface area contributed by atoms with Crippen molar-refractivity contribution in [2.45, 2.75) is 6.04 Å². The van der Waals surface area contributed by atoms with Gasteiger partial charge in [0.1, 0.15) is 6.04 Å². The number of halogens is 2. The Morgan fingerprint density at radius 3 is 2.62 bits per heavy atom. The molecule has 0 bridgehead atoms. The fraction of sp³-hybridized carbons (Fsp3) is 0.0625. The first-order chi connectivity index (χ1) is 12.5. The summed E-state index contributed by atoms with van der Waals surface area (Å²) in [4.78, 5) is 10.4. The maximum Gasteiger partial charge on any atom is 0.269 e. The van der Waals surface area contributed by atoms with Crippen molar-refractivity contribution in [1.29, 1.82) is 0 Å². The molecule has 0 aliphatic carbocycles. The Morgan fingerprint density at radius 2 is 1.92 bits per heavy atom. The first-order valence-electron chi connectivity index (χ1n) is 7.49. The van der Waals surface area contributed by atoms with E-state index in [4.69, 9.17) is 23.2 Å². The molecule has 0 fully saturated rings. The average molecular weight is 389 g/mol. The van der Waals surface area contributed by atoms with Gasteiger partial charge in [-0.2, -0.15) is 4.68 Å². The van der Waals surface area contributed by atoms with Crippen molar-refractivity contribution in [3.63, 3.8) is 0 Å². The molecule has 130 valence electrons. The van der Waals surface area contributed by atoms with Crippen LogP contribution in [0.2, 0.25) is 10.0 Å². The SMILES string of the molecule is O=[N+]([O-])c1ccc(C2C=C(c3ccc(Cl)cc3Cl)Nc3nnnn32)cc1. The molecule has 0 spiro atoms. The van der Waals surface area contributed by atoms with Gasteiger partial charge in [-0.1, -0.05) is 28.3 Å². The zero-order valence-corrected chi connectivity index (χ0v) is 14.5. The van der Waals surface area contributed by atoms with Crippen molar-refractivity contribution < 1.29 is 4.92 Å². The van der Waals surface area contributed by atoms with Crippen LogP contribution in [0.4, 0.5) is 11.6 Å². The zero-order chi connectivity index (χ0) is 18.3. The van der Waals surface area contributed by atoms with E-state index in [1.807, 2.05) is 6.08 Å². The number of nitrogens with zero attached hydrogens (tertiary/aromatic N) is 5. The lowest BCUT2D eigenvalue weighted by atomic mass is 10.0. The molecule has 26 heavy (non-hydrogen) atoms. The molecule has 0 radical (unpaired) electrons. The van der Waals surface area contributed by atoms with Crippen molar-refractivity contribution in [1.82, 2.24) is 20.2 Å². The first-order valence-corrected chi connectivity index (χ1v) is 8.25. The summed E-state index contributed by atoms with van der Waals surface area (Å²) in [5.41, 5.74) is 2.28. The highest BCUT2D eigenvalue weighted by atomic mass is 35.5. The predicted octanol–water partition coefficient (Wildman–Crippen LogP) is 3.94. The molecular formula is C16H10Cl2N6O2. The number of hydrogen-bond acceptors (Lipinski definition) is 6. The van der Waals surface area contributed by atoms with Crippen molar-refractivity contribution >= 4 is 40.5 Å². The van der Waals surface area contributed by atoms with E-state index in [0.717, 1.165) is 16.8 Å². The number of non-ortho nitro benzene ring substituents is 1. The second-order valence-corrected chi connectivity index (χ2v) is 6.41. The summed E-state index contributed by atoms with van der Waals surface area (Å²) in [6.45, 7) is 0. The molecule has 2 aromatic carbocycles. The molecule has 1 aliphatic rings. The Hall–Kier alpha value is -2.97. The second kappa shape index (κ2) is 6.40. The van der Waals surface area contributed by atoms with Gasteiger partial charge in [0, 0.05) is 28.4 Å². The maximum atomic E-state index is 10.9. The normalized spacial score (nSPS) is 15.8. The van der Waals surface area contributed by atoms with Crippen molar-refractivity contribution in [2.24, 2.45) is 0 Å². The van der Waals surface area contributed by atoms with E-state index >= 15 is 0 Å². The molecule has 0 amide bonds. The van der Waals surface area contributed by atoms with Crippen molar-refractivity contribution in [2.75, 3.05) is 5.32 Å². The molecule has 8 nitrogen and oxygen atoms in total. The van der Waals surface area contributed by atoms with Crippen LogP contribution in [0.1, 0.15) is 17.2 Å². The molecule has 1 unspecified atom stereocenters. The monoisotopic (exact) mass is 388 g/mol. The predicted molar refractivity (Wildman–Crippen MR) is 97.1 cm³/mol. The number of fused-ring (bicyclic) bond motifs is 1. The molecule has 1 aliphatic heterocycles. The summed E-state index contributed by atoms with van der Waals surface area (Å²) in [5, 5.41) is 26.7. The van der Waals surface area contributed by atoms with Crippen LogP contribution in [0.3, 0.4) is 0 Å². The van der Waals surface area contributed by atoms with Crippen molar-refractivity contribution in [3.05, 3.63) is 79.8 Å². The molecule has 3 aromatic rings. The van der Waals surface area contributed by atoms with Crippen LogP contribution in [0.25, 0.3) is 5.70 Å². The fourth-order valence-corrected chi connectivity index (χ4v) is 3.26. The summed E-state index contributed by atoms with van der Waals surface area (Å²) in [7, 11) is 0. The fourth-order valence-electron chi connectivity index (χ4n) is 2.75. The van der Waals surface area contributed by atoms with Gasteiger partial charge < -0.3 is 5.32 Å². The molecule has 10 heteroatoms. The van der Waals surface area contributed by atoms with Gasteiger partial charge in [0.25, 0.3) is 5.69 Å². The highest BCUT2D eigenvalue weighted by Crippen LogP contribution is 2.35. The number of tetrazole rings is 1. The van der Waals surface area contributed by atoms with Crippen LogP contribution in [0.15, 0.2) is 48.5 Å². The number of rotatable bonds is 3. The number of nitro groups is 1. The molecule has 4 rings (SSSR count). The Morgan fingerprint density at radius 1 is 1.15 bits per heavy atom. The number of benzene rings is 2. The number of hydrogen-bond donors (Lipinski definition) is 1. The molecule has 0 saturated heterocycles. The standard InChI is InChI=1S/C16H10Cl2N6O2/c17-10-3-6-12(13(18)7-10)14-8-15(23-16(19-14)20-21-22-23)9-1-4-11(5-2-9)24(25)26/h1-8,15H,(H,19,20,22). The van der Waals surface area contributed by atoms with E-state index in [1.165, 1.54) is 12.1 Å². The van der Waals surface area contributed by atoms with Crippen LogP contribution < -0.4 is 5.32 Å².